The SMILES string of the molecule is CCCCCC1CCC(C2COC(c3ccc(CCCC)cc3F)OC2)CC1. The molecule has 28 heavy (non-hydrogen) atoms. The highest BCUT2D eigenvalue weighted by Crippen LogP contribution is 2.39. The third-order valence-electron chi connectivity index (χ3n) is 6.84. The summed E-state index contributed by atoms with van der Waals surface area (Å²) < 4.78 is 26.5. The van der Waals surface area contributed by atoms with Crippen molar-refractivity contribution in [2.75, 3.05) is 13.2 Å². The van der Waals surface area contributed by atoms with Crippen molar-refractivity contribution in [3.8, 4) is 0 Å². The van der Waals surface area contributed by atoms with Crippen molar-refractivity contribution in [1.82, 2.24) is 0 Å². The number of unbranched alkanes of at least 4 members (excludes halogenated alkanes) is 3. The van der Waals surface area contributed by atoms with Crippen LogP contribution < -0.4 is 0 Å². The molecule has 2 aliphatic rings. The van der Waals surface area contributed by atoms with Crippen LogP contribution in [0.3, 0.4) is 0 Å². The summed E-state index contributed by atoms with van der Waals surface area (Å²) in [5.74, 6) is 1.93. The lowest BCUT2D eigenvalue weighted by atomic mass is 9.74. The van der Waals surface area contributed by atoms with Crippen LogP contribution in [0.1, 0.15) is 95.5 Å². The smallest absolute Gasteiger partial charge is 0.186 e. The van der Waals surface area contributed by atoms with E-state index in [4.69, 9.17) is 9.47 Å². The van der Waals surface area contributed by atoms with Gasteiger partial charge >= 0.3 is 0 Å². The maximum absolute atomic E-state index is 14.5. The molecule has 0 N–H and O–H groups in total. The molecule has 158 valence electrons. The third kappa shape index (κ3) is 6.03. The maximum Gasteiger partial charge on any atom is 0.186 e. The molecule has 1 aliphatic carbocycles. The largest absolute Gasteiger partial charge is 0.348 e. The minimum atomic E-state index is -0.540. The van der Waals surface area contributed by atoms with Crippen LogP contribution in [0, 0.1) is 23.6 Å². The highest BCUT2D eigenvalue weighted by molar-refractivity contribution is 5.25. The van der Waals surface area contributed by atoms with Gasteiger partial charge in [-0.25, -0.2) is 4.39 Å². The zero-order chi connectivity index (χ0) is 19.8. The minimum absolute atomic E-state index is 0.190. The molecule has 0 atom stereocenters. The average molecular weight is 391 g/mol. The molecule has 1 aliphatic heterocycles. The Balaban J connectivity index is 1.44. The van der Waals surface area contributed by atoms with E-state index < -0.39 is 6.29 Å². The molecule has 0 amide bonds. The van der Waals surface area contributed by atoms with Crippen molar-refractivity contribution >= 4 is 0 Å². The van der Waals surface area contributed by atoms with Crippen LogP contribution in [0.4, 0.5) is 4.39 Å². The number of aryl methyl sites for hydroxylation is 1. The summed E-state index contributed by atoms with van der Waals surface area (Å²) in [5.41, 5.74) is 1.62. The van der Waals surface area contributed by atoms with Crippen molar-refractivity contribution < 1.29 is 13.9 Å². The van der Waals surface area contributed by atoms with Gasteiger partial charge < -0.3 is 9.47 Å². The first kappa shape index (κ1) is 21.8. The van der Waals surface area contributed by atoms with Crippen LogP contribution in [0.5, 0.6) is 0 Å². The maximum atomic E-state index is 14.5. The summed E-state index contributed by atoms with van der Waals surface area (Å²) in [6, 6.07) is 5.53. The quantitative estimate of drug-likeness (QED) is 0.414. The van der Waals surface area contributed by atoms with E-state index in [-0.39, 0.29) is 5.82 Å². The van der Waals surface area contributed by atoms with E-state index in [2.05, 4.69) is 13.8 Å². The lowest BCUT2D eigenvalue weighted by molar-refractivity contribution is -0.215. The van der Waals surface area contributed by atoms with Crippen LogP contribution in [-0.4, -0.2) is 13.2 Å². The Hall–Kier alpha value is -0.930. The van der Waals surface area contributed by atoms with E-state index in [0.29, 0.717) is 30.6 Å². The highest BCUT2D eigenvalue weighted by atomic mass is 19.1. The number of rotatable bonds is 9. The Morgan fingerprint density at radius 1 is 0.893 bits per heavy atom. The van der Waals surface area contributed by atoms with E-state index in [0.717, 1.165) is 30.7 Å². The van der Waals surface area contributed by atoms with Gasteiger partial charge in [0.15, 0.2) is 6.29 Å². The van der Waals surface area contributed by atoms with Gasteiger partial charge in [0.2, 0.25) is 0 Å². The molecule has 1 aromatic carbocycles. The first-order valence-electron chi connectivity index (χ1n) is 11.7. The van der Waals surface area contributed by atoms with Crippen molar-refractivity contribution in [2.45, 2.75) is 90.8 Å². The van der Waals surface area contributed by atoms with Crippen LogP contribution in [0.25, 0.3) is 0 Å². The van der Waals surface area contributed by atoms with Crippen LogP contribution in [-0.2, 0) is 15.9 Å². The molecule has 0 radical (unpaired) electrons. The van der Waals surface area contributed by atoms with Crippen molar-refractivity contribution in [1.29, 1.82) is 0 Å². The Morgan fingerprint density at radius 3 is 2.25 bits per heavy atom. The predicted molar refractivity (Wildman–Crippen MR) is 113 cm³/mol. The predicted octanol–water partition coefficient (Wildman–Crippen LogP) is 7.22. The lowest BCUT2D eigenvalue weighted by Gasteiger charge is -2.38. The van der Waals surface area contributed by atoms with Gasteiger partial charge in [-0.2, -0.15) is 0 Å². The van der Waals surface area contributed by atoms with Crippen molar-refractivity contribution in [3.05, 3.63) is 35.1 Å². The summed E-state index contributed by atoms with van der Waals surface area (Å²) in [4.78, 5) is 0. The molecule has 0 bridgehead atoms. The molecule has 0 aromatic heterocycles. The van der Waals surface area contributed by atoms with Crippen LogP contribution >= 0.6 is 0 Å². The normalized spacial score (nSPS) is 28.4. The molecular formula is C25H39FO2. The second-order valence-corrected chi connectivity index (χ2v) is 8.99. The van der Waals surface area contributed by atoms with Crippen LogP contribution in [0.2, 0.25) is 0 Å². The molecular weight excluding hydrogens is 351 g/mol. The Labute approximate surface area is 171 Å². The molecule has 1 aromatic rings. The first-order valence-corrected chi connectivity index (χ1v) is 11.7. The van der Waals surface area contributed by atoms with Gasteiger partial charge in [-0.3, -0.25) is 0 Å². The fourth-order valence-electron chi connectivity index (χ4n) is 4.90. The van der Waals surface area contributed by atoms with Gasteiger partial charge in [-0.1, -0.05) is 70.9 Å². The zero-order valence-electron chi connectivity index (χ0n) is 17.9. The topological polar surface area (TPSA) is 18.5 Å². The summed E-state index contributed by atoms with van der Waals surface area (Å²) in [6.07, 6.45) is 13.4. The van der Waals surface area contributed by atoms with Crippen molar-refractivity contribution in [3.63, 3.8) is 0 Å². The summed E-state index contributed by atoms with van der Waals surface area (Å²) in [5, 5.41) is 0. The van der Waals surface area contributed by atoms with E-state index in [1.54, 1.807) is 6.07 Å². The molecule has 2 fully saturated rings. The molecule has 3 rings (SSSR count). The number of ether oxygens (including phenoxy) is 2. The molecule has 1 saturated heterocycles. The molecule has 2 nitrogen and oxygen atoms in total. The summed E-state index contributed by atoms with van der Waals surface area (Å²) >= 11 is 0. The second kappa shape index (κ2) is 11.3. The average Bonchev–Trinajstić information content (AvgIpc) is 2.73. The summed E-state index contributed by atoms with van der Waals surface area (Å²) in [7, 11) is 0. The van der Waals surface area contributed by atoms with Crippen LogP contribution in [0.15, 0.2) is 18.2 Å². The fraction of sp³-hybridized carbons (Fsp3) is 0.760. The number of benzene rings is 1. The summed E-state index contributed by atoms with van der Waals surface area (Å²) in [6.45, 7) is 5.84. The molecule has 1 heterocycles. The fourth-order valence-corrected chi connectivity index (χ4v) is 4.90. The van der Waals surface area contributed by atoms with Gasteiger partial charge in [0, 0.05) is 11.5 Å². The van der Waals surface area contributed by atoms with Gasteiger partial charge in [-0.15, -0.1) is 0 Å². The van der Waals surface area contributed by atoms with E-state index >= 15 is 0 Å². The van der Waals surface area contributed by atoms with Crippen molar-refractivity contribution in [2.24, 2.45) is 17.8 Å². The lowest BCUT2D eigenvalue weighted by Crippen LogP contribution is -2.34. The Bertz CT molecular complexity index is 572. The molecule has 0 unspecified atom stereocenters. The molecule has 1 saturated carbocycles. The van der Waals surface area contributed by atoms with E-state index in [9.17, 15) is 4.39 Å². The second-order valence-electron chi connectivity index (χ2n) is 8.99. The van der Waals surface area contributed by atoms with Gasteiger partial charge in [-0.05, 0) is 49.1 Å². The van der Waals surface area contributed by atoms with E-state index in [1.807, 2.05) is 12.1 Å². The number of halogens is 1. The monoisotopic (exact) mass is 390 g/mol. The standard InChI is InChI=1S/C25H39FO2/c1-3-5-7-9-19-10-13-21(14-11-19)22-17-27-25(28-18-22)23-15-12-20(8-6-4-2)16-24(23)26/h12,15-16,19,21-22,25H,3-11,13-14,17-18H2,1-2H3. The third-order valence-corrected chi connectivity index (χ3v) is 6.84. The Kier molecular flexibility index (Phi) is 8.79. The number of hydrogen-bond donors (Lipinski definition) is 0. The Morgan fingerprint density at radius 2 is 1.61 bits per heavy atom. The molecule has 3 heteroatoms. The minimum Gasteiger partial charge on any atom is -0.348 e. The van der Waals surface area contributed by atoms with Gasteiger partial charge in [0.25, 0.3) is 0 Å². The number of hydrogen-bond acceptors (Lipinski definition) is 2. The highest BCUT2D eigenvalue weighted by Gasteiger charge is 2.33. The zero-order valence-corrected chi connectivity index (χ0v) is 17.9. The van der Waals surface area contributed by atoms with E-state index in [1.165, 1.54) is 51.4 Å². The first-order chi connectivity index (χ1) is 13.7. The molecule has 0 spiro atoms. The van der Waals surface area contributed by atoms with Gasteiger partial charge in [0.05, 0.1) is 13.2 Å². The van der Waals surface area contributed by atoms with Gasteiger partial charge in [0.1, 0.15) is 5.82 Å².